The lowest BCUT2D eigenvalue weighted by Gasteiger charge is -2.21. The zero-order chi connectivity index (χ0) is 6.48. The molecule has 9 heavy (non-hydrogen) atoms. The highest BCUT2D eigenvalue weighted by Gasteiger charge is 2.29. The van der Waals surface area contributed by atoms with Gasteiger partial charge in [-0.05, 0) is 24.3 Å². The molecule has 48 valence electrons. The van der Waals surface area contributed by atoms with Gasteiger partial charge in [0.2, 0.25) is 0 Å². The van der Waals surface area contributed by atoms with E-state index in [1.54, 1.807) is 0 Å². The van der Waals surface area contributed by atoms with Crippen LogP contribution < -0.4 is 0 Å². The normalized spacial score (nSPS) is 30.0. The summed E-state index contributed by atoms with van der Waals surface area (Å²) in [6, 6.07) is 0. The molecule has 0 nitrogen and oxygen atoms in total. The first-order valence-electron chi connectivity index (χ1n) is 2.59. The van der Waals surface area contributed by atoms with E-state index in [2.05, 4.69) is 47.6 Å². The summed E-state index contributed by atoms with van der Waals surface area (Å²) in [6.45, 7) is 0. The van der Waals surface area contributed by atoms with E-state index in [-0.39, 0.29) is 0 Å². The quantitative estimate of drug-likeness (QED) is 0.409. The Balaban J connectivity index is 2.61. The van der Waals surface area contributed by atoms with E-state index in [4.69, 9.17) is 0 Å². The van der Waals surface area contributed by atoms with Crippen LogP contribution in [0.1, 0.15) is 0 Å². The van der Waals surface area contributed by atoms with Gasteiger partial charge in [-0.15, -0.1) is 23.3 Å². The molecular formula is C6H6S3. The number of hydrogen-bond donors (Lipinski definition) is 2. The Labute approximate surface area is 65.7 Å². The Morgan fingerprint density at radius 1 is 1.00 bits per heavy atom. The number of allylic oxidation sites excluding steroid dienone is 4. The van der Waals surface area contributed by atoms with E-state index >= 15 is 0 Å². The molecule has 0 aromatic heterocycles. The Kier molecular flexibility index (Phi) is 1.10. The smallest absolute Gasteiger partial charge is 0.0120 e. The Morgan fingerprint density at radius 2 is 1.44 bits per heavy atom. The van der Waals surface area contributed by atoms with Crippen molar-refractivity contribution < 1.29 is 0 Å². The highest BCUT2D eigenvalue weighted by molar-refractivity contribution is 9.20. The van der Waals surface area contributed by atoms with Crippen molar-refractivity contribution in [3.05, 3.63) is 34.1 Å². The molecule has 0 saturated heterocycles. The molecule has 2 rings (SSSR count). The van der Waals surface area contributed by atoms with Gasteiger partial charge in [0.1, 0.15) is 0 Å². The fourth-order valence-electron chi connectivity index (χ4n) is 0.955. The molecule has 2 aliphatic heterocycles. The van der Waals surface area contributed by atoms with E-state index in [9.17, 15) is 0 Å². The first-order valence-corrected chi connectivity index (χ1v) is 6.33. The van der Waals surface area contributed by atoms with E-state index in [1.165, 1.54) is 9.81 Å². The van der Waals surface area contributed by atoms with Gasteiger partial charge in [-0.2, -0.15) is 0 Å². The number of hydrogen-bond acceptors (Lipinski definition) is 2. The third-order valence-electron chi connectivity index (χ3n) is 1.48. The molecule has 0 amide bonds. The van der Waals surface area contributed by atoms with Crippen LogP contribution in [0, 0.1) is 0 Å². The molecule has 0 spiro atoms. The Morgan fingerprint density at radius 3 is 1.56 bits per heavy atom. The van der Waals surface area contributed by atoms with E-state index in [0.29, 0.717) is 0 Å². The fraction of sp³-hybridized carbons (Fsp3) is 0. The van der Waals surface area contributed by atoms with Gasteiger partial charge in [0.15, 0.2) is 0 Å². The van der Waals surface area contributed by atoms with Crippen LogP contribution in [0.4, 0.5) is 0 Å². The molecule has 0 aromatic carbocycles. The molecule has 3 heteroatoms. The lowest BCUT2D eigenvalue weighted by atomic mass is 10.3. The van der Waals surface area contributed by atoms with Gasteiger partial charge in [0.25, 0.3) is 0 Å². The van der Waals surface area contributed by atoms with Gasteiger partial charge in [-0.25, -0.2) is 0 Å². The van der Waals surface area contributed by atoms with Crippen LogP contribution >= 0.6 is 31.4 Å². The monoisotopic (exact) mass is 174 g/mol. The van der Waals surface area contributed by atoms with Crippen molar-refractivity contribution in [3.63, 3.8) is 0 Å². The maximum Gasteiger partial charge on any atom is 0.0120 e. The minimum Gasteiger partial charge on any atom is -0.112 e. The van der Waals surface area contributed by atoms with Gasteiger partial charge < -0.3 is 0 Å². The van der Waals surface area contributed by atoms with Crippen LogP contribution in [-0.2, 0) is 0 Å². The average molecular weight is 174 g/mol. The predicted octanol–water partition coefficient (Wildman–Crippen LogP) is 2.83. The standard InChI is InChI=1S/C6H6S3/c7-9(8)5-1-2-6(9)4-3-5/h1-4,7-8H. The molecule has 0 fully saturated rings. The lowest BCUT2D eigenvalue weighted by Crippen LogP contribution is -1.72. The average Bonchev–Trinajstić information content (AvgIpc) is 2.24. The topological polar surface area (TPSA) is 0 Å². The summed E-state index contributed by atoms with van der Waals surface area (Å²) < 4.78 is 0. The van der Waals surface area contributed by atoms with Gasteiger partial charge in [-0.3, -0.25) is 0 Å². The van der Waals surface area contributed by atoms with Gasteiger partial charge in [-0.1, -0.05) is 8.09 Å². The molecule has 0 unspecified atom stereocenters. The molecule has 2 bridgehead atoms. The second-order valence-electron chi connectivity index (χ2n) is 2.02. The number of rotatable bonds is 0. The second kappa shape index (κ2) is 1.65. The molecule has 0 N–H and O–H groups in total. The molecule has 0 saturated carbocycles. The van der Waals surface area contributed by atoms with Crippen LogP contribution in [0.15, 0.2) is 34.1 Å². The van der Waals surface area contributed by atoms with Crippen LogP contribution in [0.2, 0.25) is 0 Å². The fourth-order valence-corrected chi connectivity index (χ4v) is 3.72. The molecule has 2 heterocycles. The van der Waals surface area contributed by atoms with Crippen molar-refractivity contribution in [1.29, 1.82) is 0 Å². The van der Waals surface area contributed by atoms with Crippen LogP contribution in [0.25, 0.3) is 0 Å². The molecule has 0 aliphatic carbocycles. The van der Waals surface area contributed by atoms with Crippen molar-refractivity contribution in [2.45, 2.75) is 0 Å². The van der Waals surface area contributed by atoms with Crippen molar-refractivity contribution >= 4 is 31.4 Å². The second-order valence-corrected chi connectivity index (χ2v) is 8.21. The summed E-state index contributed by atoms with van der Waals surface area (Å²) in [5.74, 6) is 0. The van der Waals surface area contributed by atoms with Crippen LogP contribution in [-0.4, -0.2) is 0 Å². The molecule has 0 radical (unpaired) electrons. The van der Waals surface area contributed by atoms with Crippen molar-refractivity contribution in [2.24, 2.45) is 0 Å². The summed E-state index contributed by atoms with van der Waals surface area (Å²) in [4.78, 5) is 2.54. The first kappa shape index (κ1) is 6.01. The minimum atomic E-state index is -1.09. The van der Waals surface area contributed by atoms with Gasteiger partial charge in [0.05, 0.1) is 0 Å². The first-order chi connectivity index (χ1) is 4.21. The van der Waals surface area contributed by atoms with Crippen LogP contribution in [0.5, 0.6) is 0 Å². The molecule has 2 aliphatic rings. The van der Waals surface area contributed by atoms with Crippen molar-refractivity contribution in [2.75, 3.05) is 0 Å². The van der Waals surface area contributed by atoms with E-state index < -0.39 is 8.09 Å². The summed E-state index contributed by atoms with van der Waals surface area (Å²) >= 11 is 8.90. The molecule has 0 atom stereocenters. The predicted molar refractivity (Wildman–Crippen MR) is 50.9 cm³/mol. The SMILES string of the molecule is SS1(S)C2=CC=C1C=C2. The van der Waals surface area contributed by atoms with Crippen molar-refractivity contribution in [3.8, 4) is 0 Å². The summed E-state index contributed by atoms with van der Waals surface area (Å²) in [5.41, 5.74) is 0. The lowest BCUT2D eigenvalue weighted by molar-refractivity contribution is 1.81. The largest absolute Gasteiger partial charge is 0.112 e. The maximum atomic E-state index is 4.45. The Bertz CT molecular complexity index is 221. The number of thiol groups is 2. The third kappa shape index (κ3) is 0.656. The minimum absolute atomic E-state index is 1.09. The summed E-state index contributed by atoms with van der Waals surface area (Å²) in [5, 5.41) is 0. The zero-order valence-electron chi connectivity index (χ0n) is 4.61. The Hall–Kier alpha value is 0.270. The highest BCUT2D eigenvalue weighted by Crippen LogP contribution is 2.75. The summed E-state index contributed by atoms with van der Waals surface area (Å²) in [7, 11) is -1.09. The van der Waals surface area contributed by atoms with Crippen molar-refractivity contribution in [1.82, 2.24) is 0 Å². The maximum absolute atomic E-state index is 4.45. The zero-order valence-corrected chi connectivity index (χ0v) is 7.22. The highest BCUT2D eigenvalue weighted by atomic mass is 33.5. The number of fused-ring (bicyclic) bond motifs is 2. The summed E-state index contributed by atoms with van der Waals surface area (Å²) in [6.07, 6.45) is 8.35. The van der Waals surface area contributed by atoms with E-state index in [1.807, 2.05) is 0 Å². The van der Waals surface area contributed by atoms with Gasteiger partial charge >= 0.3 is 0 Å². The van der Waals surface area contributed by atoms with Gasteiger partial charge in [0, 0.05) is 9.81 Å². The van der Waals surface area contributed by atoms with Crippen LogP contribution in [0.3, 0.4) is 0 Å². The van der Waals surface area contributed by atoms with E-state index in [0.717, 1.165) is 0 Å². The molecule has 0 aromatic rings. The molecular weight excluding hydrogens is 168 g/mol. The third-order valence-corrected chi connectivity index (χ3v) is 5.87.